The number of rotatable bonds is 5. The summed E-state index contributed by atoms with van der Waals surface area (Å²) in [6.45, 7) is 4.41. The largest absolute Gasteiger partial charge is 0.418 e. The molecular formula is C14H20F3N3O. The number of hydrogen-bond acceptors (Lipinski definition) is 3. The van der Waals surface area contributed by atoms with Crippen LogP contribution in [0, 0.1) is 0 Å². The number of benzene rings is 1. The van der Waals surface area contributed by atoms with Gasteiger partial charge in [-0.15, -0.1) is 0 Å². The van der Waals surface area contributed by atoms with Crippen molar-refractivity contribution in [3.8, 4) is 0 Å². The van der Waals surface area contributed by atoms with E-state index in [9.17, 15) is 18.0 Å². The van der Waals surface area contributed by atoms with E-state index in [1.807, 2.05) is 11.8 Å². The molecule has 1 aromatic rings. The van der Waals surface area contributed by atoms with Crippen LogP contribution in [0.1, 0.15) is 25.8 Å². The lowest BCUT2D eigenvalue weighted by Gasteiger charge is -2.23. The van der Waals surface area contributed by atoms with Crippen LogP contribution in [0.25, 0.3) is 0 Å². The molecule has 0 aromatic heterocycles. The summed E-state index contributed by atoms with van der Waals surface area (Å²) in [6.07, 6.45) is -3.66. The Bertz CT molecular complexity index is 503. The van der Waals surface area contributed by atoms with E-state index in [4.69, 9.17) is 5.73 Å². The Hall–Kier alpha value is -1.76. The fourth-order valence-electron chi connectivity index (χ4n) is 1.87. The number of amides is 1. The van der Waals surface area contributed by atoms with Crippen LogP contribution in [0.5, 0.6) is 0 Å². The van der Waals surface area contributed by atoms with Gasteiger partial charge in [0.1, 0.15) is 0 Å². The summed E-state index contributed by atoms with van der Waals surface area (Å²) in [5.74, 6) is -0.358. The van der Waals surface area contributed by atoms with Crippen molar-refractivity contribution in [2.45, 2.75) is 32.5 Å². The third-order valence-corrected chi connectivity index (χ3v) is 3.24. The summed E-state index contributed by atoms with van der Waals surface area (Å²) >= 11 is 0. The summed E-state index contributed by atoms with van der Waals surface area (Å²) in [7, 11) is 1.79. The molecule has 0 heterocycles. The molecule has 0 saturated heterocycles. The normalized spacial score (nSPS) is 13.3. The van der Waals surface area contributed by atoms with Crippen LogP contribution in [0.2, 0.25) is 0 Å². The molecule has 0 bridgehead atoms. The zero-order chi connectivity index (χ0) is 16.2. The van der Waals surface area contributed by atoms with Gasteiger partial charge in [-0.3, -0.25) is 9.69 Å². The molecule has 1 amide bonds. The highest BCUT2D eigenvalue weighted by atomic mass is 19.4. The Kier molecular flexibility index (Phi) is 5.60. The topological polar surface area (TPSA) is 58.4 Å². The Labute approximate surface area is 122 Å². The number of anilines is 2. The number of alkyl halides is 3. The van der Waals surface area contributed by atoms with Crippen LogP contribution in [-0.4, -0.2) is 30.4 Å². The van der Waals surface area contributed by atoms with E-state index in [2.05, 4.69) is 5.32 Å². The minimum absolute atomic E-state index is 0.0817. The van der Waals surface area contributed by atoms with Gasteiger partial charge in [0.15, 0.2) is 0 Å². The van der Waals surface area contributed by atoms with Gasteiger partial charge in [-0.05, 0) is 45.1 Å². The van der Waals surface area contributed by atoms with Crippen molar-refractivity contribution >= 4 is 17.3 Å². The van der Waals surface area contributed by atoms with Gasteiger partial charge in [0, 0.05) is 11.4 Å². The molecule has 1 aromatic carbocycles. The molecule has 0 aliphatic rings. The average molecular weight is 303 g/mol. The molecule has 0 spiro atoms. The number of hydrogen-bond donors (Lipinski definition) is 2. The predicted octanol–water partition coefficient (Wildman–Crippen LogP) is 2.96. The van der Waals surface area contributed by atoms with Gasteiger partial charge in [-0.1, -0.05) is 6.92 Å². The first-order chi connectivity index (χ1) is 9.66. The second-order valence-corrected chi connectivity index (χ2v) is 4.95. The maximum absolute atomic E-state index is 12.8. The van der Waals surface area contributed by atoms with E-state index in [0.29, 0.717) is 0 Å². The van der Waals surface area contributed by atoms with Crippen molar-refractivity contribution < 1.29 is 18.0 Å². The first-order valence-corrected chi connectivity index (χ1v) is 6.64. The van der Waals surface area contributed by atoms with E-state index in [-0.39, 0.29) is 17.3 Å². The van der Waals surface area contributed by atoms with E-state index in [1.54, 1.807) is 14.0 Å². The summed E-state index contributed by atoms with van der Waals surface area (Å²) < 4.78 is 38.3. The standard InChI is InChI=1S/C14H20F3N3O/c1-4-7-20(3)9(2)13(21)19-10-5-6-12(18)11(8-10)14(15,16)17/h5-6,8-9H,4,7,18H2,1-3H3,(H,19,21). The lowest BCUT2D eigenvalue weighted by molar-refractivity contribution is -0.137. The molecule has 1 atom stereocenters. The van der Waals surface area contributed by atoms with E-state index in [0.717, 1.165) is 25.1 Å². The summed E-state index contributed by atoms with van der Waals surface area (Å²) in [5, 5.41) is 2.48. The Morgan fingerprint density at radius 2 is 2.05 bits per heavy atom. The van der Waals surface area contributed by atoms with Gasteiger partial charge in [0.25, 0.3) is 0 Å². The number of halogens is 3. The minimum atomic E-state index is -4.55. The SMILES string of the molecule is CCCN(C)C(C)C(=O)Nc1ccc(N)c(C(F)(F)F)c1. The molecule has 118 valence electrons. The number of nitrogen functional groups attached to an aromatic ring is 1. The molecular weight excluding hydrogens is 283 g/mol. The van der Waals surface area contributed by atoms with Gasteiger partial charge in [-0.25, -0.2) is 0 Å². The molecule has 4 nitrogen and oxygen atoms in total. The summed E-state index contributed by atoms with van der Waals surface area (Å²) in [4.78, 5) is 13.8. The Morgan fingerprint density at radius 3 is 2.57 bits per heavy atom. The van der Waals surface area contributed by atoms with Gasteiger partial charge in [-0.2, -0.15) is 13.2 Å². The fourth-order valence-corrected chi connectivity index (χ4v) is 1.87. The van der Waals surface area contributed by atoms with Gasteiger partial charge in [0.05, 0.1) is 11.6 Å². The quantitative estimate of drug-likeness (QED) is 0.822. The number of nitrogens with zero attached hydrogens (tertiary/aromatic N) is 1. The monoisotopic (exact) mass is 303 g/mol. The number of carbonyl (C=O) groups is 1. The van der Waals surface area contributed by atoms with Crippen molar-refractivity contribution in [3.63, 3.8) is 0 Å². The Balaban J connectivity index is 2.86. The number of likely N-dealkylation sites (N-methyl/N-ethyl adjacent to an activating group) is 1. The van der Waals surface area contributed by atoms with Crippen LogP contribution >= 0.6 is 0 Å². The molecule has 7 heteroatoms. The molecule has 0 radical (unpaired) electrons. The third-order valence-electron chi connectivity index (χ3n) is 3.24. The number of nitrogens with two attached hydrogens (primary N) is 1. The van der Waals surface area contributed by atoms with Gasteiger partial charge < -0.3 is 11.1 Å². The molecule has 1 rings (SSSR count). The average Bonchev–Trinajstić information content (AvgIpc) is 2.39. The van der Waals surface area contributed by atoms with Crippen LogP contribution in [0.15, 0.2) is 18.2 Å². The maximum atomic E-state index is 12.8. The second kappa shape index (κ2) is 6.80. The molecule has 0 aliphatic carbocycles. The van der Waals surface area contributed by atoms with Crippen LogP contribution in [0.4, 0.5) is 24.5 Å². The lowest BCUT2D eigenvalue weighted by Crippen LogP contribution is -2.39. The molecule has 3 N–H and O–H groups in total. The second-order valence-electron chi connectivity index (χ2n) is 4.95. The highest BCUT2D eigenvalue weighted by Crippen LogP contribution is 2.35. The van der Waals surface area contributed by atoms with Crippen molar-refractivity contribution in [1.29, 1.82) is 0 Å². The van der Waals surface area contributed by atoms with Crippen molar-refractivity contribution in [2.24, 2.45) is 0 Å². The molecule has 1 unspecified atom stereocenters. The van der Waals surface area contributed by atoms with Crippen LogP contribution in [-0.2, 0) is 11.0 Å². The molecule has 0 aliphatic heterocycles. The van der Waals surface area contributed by atoms with Crippen LogP contribution < -0.4 is 11.1 Å². The molecule has 0 saturated carbocycles. The van der Waals surface area contributed by atoms with Crippen molar-refractivity contribution in [3.05, 3.63) is 23.8 Å². The molecule has 0 fully saturated rings. The summed E-state index contributed by atoms with van der Waals surface area (Å²) in [5.41, 5.74) is 4.08. The van der Waals surface area contributed by atoms with Gasteiger partial charge in [0.2, 0.25) is 5.91 Å². The van der Waals surface area contributed by atoms with E-state index >= 15 is 0 Å². The highest BCUT2D eigenvalue weighted by Gasteiger charge is 2.33. The zero-order valence-electron chi connectivity index (χ0n) is 12.3. The fraction of sp³-hybridized carbons (Fsp3) is 0.500. The van der Waals surface area contributed by atoms with Crippen molar-refractivity contribution in [2.75, 3.05) is 24.6 Å². The smallest absolute Gasteiger partial charge is 0.398 e. The molecule has 21 heavy (non-hydrogen) atoms. The van der Waals surface area contributed by atoms with Gasteiger partial charge >= 0.3 is 6.18 Å². The van der Waals surface area contributed by atoms with Crippen LogP contribution in [0.3, 0.4) is 0 Å². The highest BCUT2D eigenvalue weighted by molar-refractivity contribution is 5.94. The number of nitrogens with one attached hydrogen (secondary N) is 1. The Morgan fingerprint density at radius 1 is 1.43 bits per heavy atom. The van der Waals surface area contributed by atoms with Crippen molar-refractivity contribution in [1.82, 2.24) is 4.90 Å². The predicted molar refractivity (Wildman–Crippen MR) is 76.9 cm³/mol. The third kappa shape index (κ3) is 4.63. The van der Waals surface area contributed by atoms with E-state index in [1.165, 1.54) is 6.07 Å². The lowest BCUT2D eigenvalue weighted by atomic mass is 10.1. The first-order valence-electron chi connectivity index (χ1n) is 6.64. The maximum Gasteiger partial charge on any atom is 0.418 e. The van der Waals surface area contributed by atoms with E-state index < -0.39 is 17.8 Å². The zero-order valence-corrected chi connectivity index (χ0v) is 12.3. The first kappa shape index (κ1) is 17.3. The summed E-state index contributed by atoms with van der Waals surface area (Å²) in [6, 6.07) is 2.91. The minimum Gasteiger partial charge on any atom is -0.398 e. The number of carbonyl (C=O) groups excluding carboxylic acids is 1.